The predicted molar refractivity (Wildman–Crippen MR) is 114 cm³/mol. The zero-order valence-corrected chi connectivity index (χ0v) is 17.4. The summed E-state index contributed by atoms with van der Waals surface area (Å²) in [5, 5.41) is 11.4. The van der Waals surface area contributed by atoms with Crippen molar-refractivity contribution in [2.45, 2.75) is 6.04 Å². The summed E-state index contributed by atoms with van der Waals surface area (Å²) >= 11 is 6.04. The van der Waals surface area contributed by atoms with E-state index in [4.69, 9.17) is 25.5 Å². The van der Waals surface area contributed by atoms with Gasteiger partial charge in [0.05, 0.1) is 26.1 Å². The Labute approximate surface area is 183 Å². The molecule has 1 amide bonds. The number of amides is 1. The van der Waals surface area contributed by atoms with E-state index in [0.717, 1.165) is 0 Å². The monoisotopic (exact) mass is 439 g/mol. The summed E-state index contributed by atoms with van der Waals surface area (Å²) in [4.78, 5) is 27.4. The zero-order chi connectivity index (χ0) is 22.1. The highest BCUT2D eigenvalue weighted by atomic mass is 35.5. The van der Waals surface area contributed by atoms with Gasteiger partial charge in [0.1, 0.15) is 17.6 Å². The summed E-state index contributed by atoms with van der Waals surface area (Å²) < 4.78 is 16.1. The third-order valence-corrected chi connectivity index (χ3v) is 5.24. The fourth-order valence-electron chi connectivity index (χ4n) is 3.58. The topological polar surface area (TPSA) is 89.2 Å². The van der Waals surface area contributed by atoms with Gasteiger partial charge in [0.25, 0.3) is 11.7 Å². The van der Waals surface area contributed by atoms with Crippen LogP contribution in [0.15, 0.2) is 70.9 Å². The quantitative estimate of drug-likeness (QED) is 0.355. The second-order valence-corrected chi connectivity index (χ2v) is 7.17. The average molecular weight is 440 g/mol. The number of halogens is 1. The highest BCUT2D eigenvalue weighted by molar-refractivity contribution is 6.51. The number of furan rings is 1. The van der Waals surface area contributed by atoms with Crippen LogP contribution in [0, 0.1) is 0 Å². The third kappa shape index (κ3) is 3.53. The van der Waals surface area contributed by atoms with Crippen LogP contribution in [0.3, 0.4) is 0 Å². The van der Waals surface area contributed by atoms with Crippen molar-refractivity contribution in [1.29, 1.82) is 0 Å². The van der Waals surface area contributed by atoms with E-state index in [-0.39, 0.29) is 11.3 Å². The van der Waals surface area contributed by atoms with Crippen LogP contribution in [0.2, 0.25) is 5.02 Å². The Balaban J connectivity index is 1.92. The van der Waals surface area contributed by atoms with Crippen LogP contribution in [0.5, 0.6) is 11.5 Å². The molecule has 1 unspecified atom stereocenters. The summed E-state index contributed by atoms with van der Waals surface area (Å²) in [6, 6.07) is 13.5. The van der Waals surface area contributed by atoms with Gasteiger partial charge in [-0.1, -0.05) is 23.7 Å². The Bertz CT molecular complexity index is 1180. The summed E-state index contributed by atoms with van der Waals surface area (Å²) in [7, 11) is 2.97. The number of Topliss-reactive ketones (excluding diaryl/α,β-unsaturated/α-hetero) is 1. The molecule has 1 aromatic heterocycles. The molecule has 0 radical (unpaired) electrons. The first-order chi connectivity index (χ1) is 15.0. The van der Waals surface area contributed by atoms with Crippen LogP contribution in [0.4, 0.5) is 5.69 Å². The molecule has 1 saturated heterocycles. The van der Waals surface area contributed by atoms with Crippen LogP contribution >= 0.6 is 11.6 Å². The average Bonchev–Trinajstić information content (AvgIpc) is 3.40. The van der Waals surface area contributed by atoms with Gasteiger partial charge in [0, 0.05) is 22.3 Å². The van der Waals surface area contributed by atoms with Gasteiger partial charge in [-0.15, -0.1) is 0 Å². The maximum Gasteiger partial charge on any atom is 0.300 e. The number of ether oxygens (including phenoxy) is 2. The molecule has 1 aliphatic rings. The Morgan fingerprint density at radius 1 is 1.03 bits per heavy atom. The molecular formula is C23H18ClNO6. The molecule has 31 heavy (non-hydrogen) atoms. The van der Waals surface area contributed by atoms with E-state index in [9.17, 15) is 14.7 Å². The van der Waals surface area contributed by atoms with Gasteiger partial charge in [-0.25, -0.2) is 0 Å². The number of nitrogens with zero attached hydrogens (tertiary/aromatic N) is 1. The second-order valence-electron chi connectivity index (χ2n) is 6.73. The largest absolute Gasteiger partial charge is 0.507 e. The zero-order valence-electron chi connectivity index (χ0n) is 16.7. The van der Waals surface area contributed by atoms with Crippen molar-refractivity contribution < 1.29 is 28.6 Å². The molecule has 0 aliphatic carbocycles. The summed E-state index contributed by atoms with van der Waals surface area (Å²) in [6.07, 6.45) is 1.43. The summed E-state index contributed by atoms with van der Waals surface area (Å²) in [5.74, 6) is -0.820. The van der Waals surface area contributed by atoms with Crippen molar-refractivity contribution in [3.8, 4) is 11.5 Å². The van der Waals surface area contributed by atoms with Crippen LogP contribution in [0.25, 0.3) is 5.76 Å². The van der Waals surface area contributed by atoms with E-state index in [2.05, 4.69) is 0 Å². The number of ketones is 1. The minimum absolute atomic E-state index is 0.1000. The maximum atomic E-state index is 13.1. The lowest BCUT2D eigenvalue weighted by Gasteiger charge is -2.24. The number of carbonyl (C=O) groups excluding carboxylic acids is 2. The van der Waals surface area contributed by atoms with E-state index in [0.29, 0.717) is 33.5 Å². The molecule has 2 heterocycles. The fourth-order valence-corrected chi connectivity index (χ4v) is 3.77. The minimum Gasteiger partial charge on any atom is -0.507 e. The Hall–Kier alpha value is -3.71. The highest BCUT2D eigenvalue weighted by Crippen LogP contribution is 2.44. The number of carbonyl (C=O) groups is 2. The van der Waals surface area contributed by atoms with Gasteiger partial charge in [0.2, 0.25) is 0 Å². The Morgan fingerprint density at radius 2 is 1.81 bits per heavy atom. The third-order valence-electron chi connectivity index (χ3n) is 5.00. The smallest absolute Gasteiger partial charge is 0.300 e. The Kier molecular flexibility index (Phi) is 5.44. The number of benzene rings is 2. The van der Waals surface area contributed by atoms with Crippen molar-refractivity contribution in [2.24, 2.45) is 0 Å². The first-order valence-corrected chi connectivity index (χ1v) is 9.66. The number of hydrogen-bond donors (Lipinski definition) is 1. The van der Waals surface area contributed by atoms with E-state index < -0.39 is 17.7 Å². The lowest BCUT2D eigenvalue weighted by molar-refractivity contribution is -0.132. The van der Waals surface area contributed by atoms with Crippen molar-refractivity contribution in [3.63, 3.8) is 0 Å². The van der Waals surface area contributed by atoms with E-state index in [1.165, 1.54) is 31.4 Å². The van der Waals surface area contributed by atoms with Gasteiger partial charge in [0.15, 0.2) is 11.5 Å². The van der Waals surface area contributed by atoms with Crippen LogP contribution in [-0.4, -0.2) is 31.0 Å². The van der Waals surface area contributed by atoms with Crippen molar-refractivity contribution in [3.05, 3.63) is 82.8 Å². The molecule has 0 spiro atoms. The van der Waals surface area contributed by atoms with Crippen molar-refractivity contribution >= 4 is 34.7 Å². The minimum atomic E-state index is -0.980. The van der Waals surface area contributed by atoms with Crippen LogP contribution in [0.1, 0.15) is 17.4 Å². The molecular weight excluding hydrogens is 422 g/mol. The molecule has 0 saturated carbocycles. The lowest BCUT2D eigenvalue weighted by Crippen LogP contribution is -2.29. The van der Waals surface area contributed by atoms with E-state index >= 15 is 0 Å². The van der Waals surface area contributed by atoms with Gasteiger partial charge in [-0.3, -0.25) is 14.5 Å². The maximum absolute atomic E-state index is 13.1. The number of aliphatic hydroxyl groups is 1. The Morgan fingerprint density at radius 3 is 2.45 bits per heavy atom. The number of methoxy groups -OCH3 is 2. The molecule has 4 rings (SSSR count). The summed E-state index contributed by atoms with van der Waals surface area (Å²) in [5.41, 5.74) is 0.595. The molecule has 1 atom stereocenters. The molecule has 3 aromatic rings. The first-order valence-electron chi connectivity index (χ1n) is 9.28. The van der Waals surface area contributed by atoms with E-state index in [1.807, 2.05) is 0 Å². The number of anilines is 1. The SMILES string of the molecule is COc1ccc(N2C(=O)C(=O)/C(=C(\O)c3cccc(Cl)c3)C2c2ccco2)cc1OC. The highest BCUT2D eigenvalue weighted by Gasteiger charge is 2.48. The molecule has 1 N–H and O–H groups in total. The van der Waals surface area contributed by atoms with Gasteiger partial charge in [-0.2, -0.15) is 0 Å². The number of rotatable bonds is 5. The molecule has 1 fully saturated rings. The molecule has 2 aromatic carbocycles. The van der Waals surface area contributed by atoms with E-state index in [1.54, 1.807) is 48.5 Å². The fraction of sp³-hybridized carbons (Fsp3) is 0.130. The summed E-state index contributed by atoms with van der Waals surface area (Å²) in [6.45, 7) is 0. The van der Waals surface area contributed by atoms with Gasteiger partial charge < -0.3 is 19.0 Å². The molecule has 1 aliphatic heterocycles. The molecule has 0 bridgehead atoms. The van der Waals surface area contributed by atoms with Crippen molar-refractivity contribution in [2.75, 3.05) is 19.1 Å². The normalized spacial score (nSPS) is 17.8. The predicted octanol–water partition coefficient (Wildman–Crippen LogP) is 4.58. The first kappa shape index (κ1) is 20.6. The standard InChI is InChI=1S/C23H18ClNO6/c1-29-16-9-8-15(12-18(16)30-2)25-20(17-7-4-10-31-17)19(22(27)23(25)28)21(26)13-5-3-6-14(24)11-13/h3-12,20,26H,1-2H3/b21-19-. The van der Waals surface area contributed by atoms with Crippen LogP contribution < -0.4 is 14.4 Å². The molecule has 158 valence electrons. The molecule has 7 nitrogen and oxygen atoms in total. The lowest BCUT2D eigenvalue weighted by atomic mass is 9.99. The molecule has 8 heteroatoms. The van der Waals surface area contributed by atoms with Crippen molar-refractivity contribution in [1.82, 2.24) is 0 Å². The number of aliphatic hydroxyl groups excluding tert-OH is 1. The van der Waals surface area contributed by atoms with Crippen LogP contribution in [-0.2, 0) is 9.59 Å². The van der Waals surface area contributed by atoms with Gasteiger partial charge in [-0.05, 0) is 36.4 Å². The number of hydrogen-bond acceptors (Lipinski definition) is 6. The second kappa shape index (κ2) is 8.20. The van der Waals surface area contributed by atoms with Gasteiger partial charge >= 0.3 is 0 Å².